The Morgan fingerprint density at radius 1 is 1.05 bits per heavy atom. The normalized spacial score (nSPS) is 17.1. The van der Waals surface area contributed by atoms with Gasteiger partial charge in [0.25, 0.3) is 0 Å². The lowest BCUT2D eigenvalue weighted by Crippen LogP contribution is -2.44. The van der Waals surface area contributed by atoms with Crippen LogP contribution in [0, 0.1) is 0 Å². The van der Waals surface area contributed by atoms with E-state index in [1.165, 1.54) is 12.8 Å². The minimum atomic E-state index is 0.208. The Labute approximate surface area is 124 Å². The molecule has 0 aromatic heterocycles. The van der Waals surface area contributed by atoms with Crippen molar-refractivity contribution in [3.8, 4) is 0 Å². The van der Waals surface area contributed by atoms with Gasteiger partial charge in [-0.05, 0) is 52.7 Å². The number of carbonyl (C=O) groups excluding carboxylic acids is 1. The summed E-state index contributed by atoms with van der Waals surface area (Å²) in [6.07, 6.45) is 4.65. The van der Waals surface area contributed by atoms with Crippen LogP contribution in [0.1, 0.15) is 39.5 Å². The highest BCUT2D eigenvalue weighted by Gasteiger charge is 2.21. The number of nitrogens with zero attached hydrogens (tertiary/aromatic N) is 3. The van der Waals surface area contributed by atoms with Gasteiger partial charge in [-0.15, -0.1) is 0 Å². The van der Waals surface area contributed by atoms with Gasteiger partial charge in [-0.25, -0.2) is 4.79 Å². The molecule has 0 unspecified atom stereocenters. The van der Waals surface area contributed by atoms with Gasteiger partial charge < -0.3 is 20.4 Å². The Bertz CT molecular complexity index is 269. The molecule has 0 radical (unpaired) electrons. The van der Waals surface area contributed by atoms with Gasteiger partial charge in [0.05, 0.1) is 0 Å². The number of carbonyl (C=O) groups is 1. The number of amides is 2. The molecule has 118 valence electrons. The third-order valence-electron chi connectivity index (χ3n) is 4.07. The summed E-state index contributed by atoms with van der Waals surface area (Å²) in [5, 5.41) is 0. The Kier molecular flexibility index (Phi) is 8.62. The van der Waals surface area contributed by atoms with Crippen molar-refractivity contribution in [1.82, 2.24) is 14.7 Å². The number of nitrogens with two attached hydrogens (primary N) is 1. The van der Waals surface area contributed by atoms with E-state index in [9.17, 15) is 4.79 Å². The van der Waals surface area contributed by atoms with E-state index in [-0.39, 0.29) is 6.03 Å². The van der Waals surface area contributed by atoms with Crippen molar-refractivity contribution >= 4 is 6.03 Å². The summed E-state index contributed by atoms with van der Waals surface area (Å²) in [5.74, 6) is 0. The molecule has 2 N–H and O–H groups in total. The molecule has 5 nitrogen and oxygen atoms in total. The molecule has 1 aliphatic rings. The summed E-state index contributed by atoms with van der Waals surface area (Å²) >= 11 is 0. The summed E-state index contributed by atoms with van der Waals surface area (Å²) in [7, 11) is 0. The highest BCUT2D eigenvalue weighted by Crippen LogP contribution is 2.08. The Morgan fingerprint density at radius 3 is 2.45 bits per heavy atom. The van der Waals surface area contributed by atoms with Gasteiger partial charge in [0, 0.05) is 32.7 Å². The van der Waals surface area contributed by atoms with Crippen molar-refractivity contribution in [2.24, 2.45) is 5.73 Å². The van der Waals surface area contributed by atoms with E-state index < -0.39 is 0 Å². The maximum absolute atomic E-state index is 12.3. The quantitative estimate of drug-likeness (QED) is 0.722. The summed E-state index contributed by atoms with van der Waals surface area (Å²) in [5.41, 5.74) is 5.52. The van der Waals surface area contributed by atoms with Crippen LogP contribution < -0.4 is 5.73 Å². The van der Waals surface area contributed by atoms with Gasteiger partial charge in [-0.1, -0.05) is 6.42 Å². The average Bonchev–Trinajstić information content (AvgIpc) is 2.70. The Hall–Kier alpha value is -0.810. The highest BCUT2D eigenvalue weighted by molar-refractivity contribution is 5.74. The van der Waals surface area contributed by atoms with Gasteiger partial charge in [0.1, 0.15) is 0 Å². The minimum Gasteiger partial charge on any atom is -0.330 e. The monoisotopic (exact) mass is 284 g/mol. The SMILES string of the molecule is CCN(CC)C(=O)N1CCCN(CCCCCN)CC1. The van der Waals surface area contributed by atoms with Crippen LogP contribution in [0.5, 0.6) is 0 Å². The Balaban J connectivity index is 2.33. The molecule has 1 fully saturated rings. The maximum atomic E-state index is 12.3. The molecule has 20 heavy (non-hydrogen) atoms. The van der Waals surface area contributed by atoms with Crippen molar-refractivity contribution in [2.75, 3.05) is 52.4 Å². The smallest absolute Gasteiger partial charge is 0.320 e. The fraction of sp³-hybridized carbons (Fsp3) is 0.933. The summed E-state index contributed by atoms with van der Waals surface area (Å²) in [4.78, 5) is 18.8. The topological polar surface area (TPSA) is 52.8 Å². The molecule has 0 atom stereocenters. The van der Waals surface area contributed by atoms with E-state index >= 15 is 0 Å². The molecule has 0 aromatic carbocycles. The van der Waals surface area contributed by atoms with Gasteiger partial charge in [0.15, 0.2) is 0 Å². The van der Waals surface area contributed by atoms with Crippen LogP contribution in [-0.2, 0) is 0 Å². The first-order valence-corrected chi connectivity index (χ1v) is 8.19. The van der Waals surface area contributed by atoms with E-state index in [0.717, 1.165) is 65.2 Å². The van der Waals surface area contributed by atoms with Crippen LogP contribution in [0.3, 0.4) is 0 Å². The largest absolute Gasteiger partial charge is 0.330 e. The molecular weight excluding hydrogens is 252 g/mol. The van der Waals surface area contributed by atoms with Crippen molar-refractivity contribution in [1.29, 1.82) is 0 Å². The second-order valence-corrected chi connectivity index (χ2v) is 5.49. The summed E-state index contributed by atoms with van der Waals surface area (Å²) < 4.78 is 0. The van der Waals surface area contributed by atoms with Crippen LogP contribution in [-0.4, -0.2) is 73.1 Å². The maximum Gasteiger partial charge on any atom is 0.320 e. The summed E-state index contributed by atoms with van der Waals surface area (Å²) in [6.45, 7) is 11.5. The molecule has 5 heteroatoms. The first-order valence-electron chi connectivity index (χ1n) is 8.19. The van der Waals surface area contributed by atoms with Crippen molar-refractivity contribution in [2.45, 2.75) is 39.5 Å². The number of hydrogen-bond acceptors (Lipinski definition) is 3. The predicted molar refractivity (Wildman–Crippen MR) is 83.9 cm³/mol. The van der Waals surface area contributed by atoms with Crippen LogP contribution >= 0.6 is 0 Å². The van der Waals surface area contributed by atoms with Crippen molar-refractivity contribution < 1.29 is 4.79 Å². The number of urea groups is 1. The van der Waals surface area contributed by atoms with Crippen molar-refractivity contribution in [3.63, 3.8) is 0 Å². The molecule has 0 bridgehead atoms. The highest BCUT2D eigenvalue weighted by atomic mass is 16.2. The summed E-state index contributed by atoms with van der Waals surface area (Å²) in [6, 6.07) is 0.208. The third-order valence-corrected chi connectivity index (χ3v) is 4.07. The molecular formula is C15H32N4O. The number of unbranched alkanes of at least 4 members (excludes halogenated alkanes) is 2. The fourth-order valence-electron chi connectivity index (χ4n) is 2.74. The van der Waals surface area contributed by atoms with E-state index in [1.54, 1.807) is 0 Å². The second-order valence-electron chi connectivity index (χ2n) is 5.49. The van der Waals surface area contributed by atoms with Crippen molar-refractivity contribution in [3.05, 3.63) is 0 Å². The molecule has 2 amide bonds. The van der Waals surface area contributed by atoms with Crippen LogP contribution in [0.2, 0.25) is 0 Å². The van der Waals surface area contributed by atoms with E-state index in [2.05, 4.69) is 4.90 Å². The Morgan fingerprint density at radius 2 is 1.80 bits per heavy atom. The lowest BCUT2D eigenvalue weighted by Gasteiger charge is -2.28. The lowest BCUT2D eigenvalue weighted by molar-refractivity contribution is 0.158. The van der Waals surface area contributed by atoms with E-state index in [1.807, 2.05) is 23.6 Å². The predicted octanol–water partition coefficient (Wildman–Crippen LogP) is 1.58. The molecule has 1 heterocycles. The molecule has 0 aliphatic carbocycles. The molecule has 1 saturated heterocycles. The second kappa shape index (κ2) is 10.00. The number of rotatable bonds is 7. The molecule has 0 spiro atoms. The molecule has 1 rings (SSSR count). The number of hydrogen-bond donors (Lipinski definition) is 1. The van der Waals surface area contributed by atoms with E-state index in [4.69, 9.17) is 5.73 Å². The standard InChI is InChI=1S/C15H32N4O/c1-3-18(4-2)15(20)19-12-8-11-17(13-14-19)10-7-5-6-9-16/h3-14,16H2,1-2H3. The lowest BCUT2D eigenvalue weighted by atomic mass is 10.2. The average molecular weight is 284 g/mol. The van der Waals surface area contributed by atoms with E-state index in [0.29, 0.717) is 0 Å². The zero-order valence-corrected chi connectivity index (χ0v) is 13.3. The minimum absolute atomic E-state index is 0.208. The van der Waals surface area contributed by atoms with Gasteiger partial charge in [0.2, 0.25) is 0 Å². The molecule has 1 aliphatic heterocycles. The fourth-order valence-corrected chi connectivity index (χ4v) is 2.74. The van der Waals surface area contributed by atoms with Crippen LogP contribution in [0.25, 0.3) is 0 Å². The van der Waals surface area contributed by atoms with Gasteiger partial charge >= 0.3 is 6.03 Å². The third kappa shape index (κ3) is 5.67. The molecule has 0 saturated carbocycles. The van der Waals surface area contributed by atoms with Gasteiger partial charge in [-0.3, -0.25) is 0 Å². The first-order chi connectivity index (χ1) is 9.72. The van der Waals surface area contributed by atoms with Crippen LogP contribution in [0.15, 0.2) is 0 Å². The van der Waals surface area contributed by atoms with Crippen LogP contribution in [0.4, 0.5) is 4.79 Å². The zero-order valence-electron chi connectivity index (χ0n) is 13.3. The molecule has 0 aromatic rings. The zero-order chi connectivity index (χ0) is 14.8. The first kappa shape index (κ1) is 17.2. The van der Waals surface area contributed by atoms with Gasteiger partial charge in [-0.2, -0.15) is 0 Å².